The number of nitrogens with zero attached hydrogens (tertiary/aromatic N) is 3. The Morgan fingerprint density at radius 1 is 0.844 bits per heavy atom. The van der Waals surface area contributed by atoms with E-state index < -0.39 is 5.66 Å². The van der Waals surface area contributed by atoms with Crippen molar-refractivity contribution in [1.29, 1.82) is 0 Å². The van der Waals surface area contributed by atoms with E-state index in [4.69, 9.17) is 21.5 Å². The van der Waals surface area contributed by atoms with Crippen LogP contribution in [0, 0.1) is 0 Å². The SMILES string of the molecule is Nc1ccc(N)c2c(O)c3c4c(ccc3c(O)c12)=NC1(CCN(Cc2ccccc2)C1)N=4. The molecule has 1 fully saturated rings. The lowest BCUT2D eigenvalue weighted by Crippen LogP contribution is -2.29. The van der Waals surface area contributed by atoms with Gasteiger partial charge in [-0.05, 0) is 29.8 Å². The molecule has 0 aliphatic carbocycles. The summed E-state index contributed by atoms with van der Waals surface area (Å²) in [4.78, 5) is 12.3. The van der Waals surface area contributed by atoms with Crippen LogP contribution in [0.25, 0.3) is 21.5 Å². The lowest BCUT2D eigenvalue weighted by molar-refractivity contribution is 0.306. The van der Waals surface area contributed by atoms with Gasteiger partial charge in [-0.25, -0.2) is 0 Å². The fourth-order valence-electron chi connectivity index (χ4n) is 5.10. The van der Waals surface area contributed by atoms with Crippen molar-refractivity contribution in [3.63, 3.8) is 0 Å². The van der Waals surface area contributed by atoms with Crippen LogP contribution in [0.3, 0.4) is 0 Å². The van der Waals surface area contributed by atoms with Crippen molar-refractivity contribution in [3.05, 3.63) is 70.9 Å². The molecule has 7 nitrogen and oxygen atoms in total. The number of phenolic OH excluding ortho intramolecular Hbond substituents is 2. The summed E-state index contributed by atoms with van der Waals surface area (Å²) in [5.41, 5.74) is 13.6. The van der Waals surface area contributed by atoms with Crippen molar-refractivity contribution in [1.82, 2.24) is 4.90 Å². The number of nitrogens with two attached hydrogens (primary N) is 2. The Balaban J connectivity index is 1.51. The van der Waals surface area contributed by atoms with Gasteiger partial charge in [-0.1, -0.05) is 30.3 Å². The van der Waals surface area contributed by atoms with Gasteiger partial charge in [-0.2, -0.15) is 0 Å². The first kappa shape index (κ1) is 18.9. The number of aromatic hydroxyl groups is 2. The van der Waals surface area contributed by atoms with Gasteiger partial charge in [0.05, 0.1) is 26.9 Å². The zero-order valence-electron chi connectivity index (χ0n) is 17.4. The number of anilines is 2. The van der Waals surface area contributed by atoms with E-state index in [1.54, 1.807) is 18.2 Å². The number of likely N-dealkylation sites (tertiary alicyclic amines) is 1. The highest BCUT2D eigenvalue weighted by molar-refractivity contribution is 6.17. The Morgan fingerprint density at radius 2 is 1.56 bits per heavy atom. The Bertz CT molecular complexity index is 1530. The van der Waals surface area contributed by atoms with Gasteiger partial charge >= 0.3 is 0 Å². The van der Waals surface area contributed by atoms with E-state index in [9.17, 15) is 10.2 Å². The van der Waals surface area contributed by atoms with Crippen molar-refractivity contribution in [2.24, 2.45) is 9.98 Å². The summed E-state index contributed by atoms with van der Waals surface area (Å²) in [5, 5.41) is 25.2. The summed E-state index contributed by atoms with van der Waals surface area (Å²) in [6.07, 6.45) is 0.797. The Morgan fingerprint density at radius 3 is 2.31 bits per heavy atom. The molecule has 6 rings (SSSR count). The topological polar surface area (TPSA) is 120 Å². The smallest absolute Gasteiger partial charge is 0.165 e. The third kappa shape index (κ3) is 2.64. The number of benzene rings is 4. The summed E-state index contributed by atoms with van der Waals surface area (Å²) in [7, 11) is 0. The number of rotatable bonds is 2. The molecule has 0 amide bonds. The van der Waals surface area contributed by atoms with Crippen LogP contribution in [0.2, 0.25) is 0 Å². The molecule has 1 unspecified atom stereocenters. The van der Waals surface area contributed by atoms with Gasteiger partial charge in [0.25, 0.3) is 0 Å². The standard InChI is InChI=1S/C25H23N5O2/c26-16-7-8-17(27)21-20(16)23(31)15-6-9-18-22(19(15)24(21)32)29-25(28-18)10-11-30(13-25)12-14-4-2-1-3-5-14/h1-9,31-32H,10-13,26-27H2. The molecule has 2 heterocycles. The fourth-order valence-corrected chi connectivity index (χ4v) is 5.10. The normalized spacial score (nSPS) is 20.0. The molecule has 0 aromatic heterocycles. The fraction of sp³-hybridized carbons (Fsp3) is 0.200. The Labute approximate surface area is 183 Å². The molecule has 7 heteroatoms. The second kappa shape index (κ2) is 6.58. The molecule has 6 N–H and O–H groups in total. The van der Waals surface area contributed by atoms with E-state index in [0.29, 0.717) is 44.8 Å². The molecule has 0 radical (unpaired) electrons. The van der Waals surface area contributed by atoms with Gasteiger partial charge in [0.1, 0.15) is 11.5 Å². The molecule has 2 aliphatic rings. The highest BCUT2D eigenvalue weighted by Crippen LogP contribution is 2.45. The molecule has 0 bridgehead atoms. The highest BCUT2D eigenvalue weighted by Gasteiger charge is 2.39. The van der Waals surface area contributed by atoms with Crippen molar-refractivity contribution >= 4 is 32.9 Å². The molecule has 1 saturated heterocycles. The van der Waals surface area contributed by atoms with Gasteiger partial charge in [-0.3, -0.25) is 14.9 Å². The zero-order valence-corrected chi connectivity index (χ0v) is 17.4. The molecule has 1 spiro atoms. The first-order valence-electron chi connectivity index (χ1n) is 10.7. The van der Waals surface area contributed by atoms with Crippen molar-refractivity contribution in [3.8, 4) is 11.5 Å². The minimum Gasteiger partial charge on any atom is -0.507 e. The van der Waals surface area contributed by atoms with Crippen LogP contribution in [0.1, 0.15) is 12.0 Å². The summed E-state index contributed by atoms with van der Waals surface area (Å²) in [6, 6.07) is 17.2. The molecular formula is C25H23N5O2. The average Bonchev–Trinajstić information content (AvgIpc) is 3.35. The zero-order chi connectivity index (χ0) is 22.0. The van der Waals surface area contributed by atoms with Crippen LogP contribution in [0.5, 0.6) is 11.5 Å². The molecule has 1 atom stereocenters. The molecule has 32 heavy (non-hydrogen) atoms. The predicted molar refractivity (Wildman–Crippen MR) is 125 cm³/mol. The maximum atomic E-state index is 11.2. The maximum absolute atomic E-state index is 11.2. The van der Waals surface area contributed by atoms with Gasteiger partial charge in [0, 0.05) is 42.8 Å². The van der Waals surface area contributed by atoms with Crippen LogP contribution in [-0.2, 0) is 6.54 Å². The van der Waals surface area contributed by atoms with Crippen LogP contribution in [-0.4, -0.2) is 33.9 Å². The van der Waals surface area contributed by atoms with E-state index in [1.807, 2.05) is 24.3 Å². The first-order chi connectivity index (χ1) is 15.5. The van der Waals surface area contributed by atoms with Gasteiger partial charge < -0.3 is 21.7 Å². The molecule has 2 aliphatic heterocycles. The molecule has 4 aromatic rings. The molecule has 4 aromatic carbocycles. The van der Waals surface area contributed by atoms with Gasteiger partial charge in [-0.15, -0.1) is 0 Å². The summed E-state index contributed by atoms with van der Waals surface area (Å²) >= 11 is 0. The van der Waals surface area contributed by atoms with Crippen LogP contribution in [0.4, 0.5) is 11.4 Å². The number of hydrogen-bond acceptors (Lipinski definition) is 7. The summed E-state index contributed by atoms with van der Waals surface area (Å²) in [6.45, 7) is 2.43. The average molecular weight is 425 g/mol. The third-order valence-electron chi connectivity index (χ3n) is 6.59. The molecule has 0 saturated carbocycles. The second-order valence-corrected chi connectivity index (χ2v) is 8.70. The lowest BCUT2D eigenvalue weighted by Gasteiger charge is -2.19. The van der Waals surface area contributed by atoms with Gasteiger partial charge in [0.15, 0.2) is 5.66 Å². The summed E-state index contributed by atoms with van der Waals surface area (Å²) in [5.74, 6) is -0.0294. The monoisotopic (exact) mass is 425 g/mol. The number of fused-ring (bicyclic) bond motifs is 4. The molecular weight excluding hydrogens is 402 g/mol. The highest BCUT2D eigenvalue weighted by atomic mass is 16.3. The van der Waals surface area contributed by atoms with Crippen LogP contribution in [0.15, 0.2) is 64.6 Å². The number of hydrogen-bond donors (Lipinski definition) is 4. The maximum Gasteiger partial charge on any atom is 0.165 e. The lowest BCUT2D eigenvalue weighted by atomic mass is 9.97. The van der Waals surface area contributed by atoms with E-state index in [0.717, 1.165) is 24.9 Å². The predicted octanol–water partition coefficient (Wildman–Crippen LogP) is 2.42. The quantitative estimate of drug-likeness (QED) is 0.223. The Hall–Kier alpha value is -3.84. The van der Waals surface area contributed by atoms with Crippen LogP contribution < -0.4 is 22.2 Å². The minimum absolute atomic E-state index is 0.00586. The van der Waals surface area contributed by atoms with Crippen molar-refractivity contribution in [2.45, 2.75) is 18.6 Å². The largest absolute Gasteiger partial charge is 0.507 e. The number of phenols is 2. The molecule has 160 valence electrons. The van der Waals surface area contributed by atoms with Crippen molar-refractivity contribution in [2.75, 3.05) is 24.6 Å². The van der Waals surface area contributed by atoms with E-state index in [2.05, 4.69) is 17.0 Å². The van der Waals surface area contributed by atoms with E-state index >= 15 is 0 Å². The Kier molecular flexibility index (Phi) is 3.88. The van der Waals surface area contributed by atoms with Gasteiger partial charge in [0.2, 0.25) is 0 Å². The van der Waals surface area contributed by atoms with Crippen LogP contribution >= 0.6 is 0 Å². The third-order valence-corrected chi connectivity index (χ3v) is 6.59. The number of nitrogen functional groups attached to an aromatic ring is 2. The second-order valence-electron chi connectivity index (χ2n) is 8.70. The summed E-state index contributed by atoms with van der Waals surface area (Å²) < 4.78 is 0. The van der Waals surface area contributed by atoms with E-state index in [1.165, 1.54) is 5.56 Å². The first-order valence-corrected chi connectivity index (χ1v) is 10.7. The van der Waals surface area contributed by atoms with E-state index in [-0.39, 0.29) is 11.5 Å². The van der Waals surface area contributed by atoms with Crippen molar-refractivity contribution < 1.29 is 10.2 Å². The minimum atomic E-state index is -0.580.